The van der Waals surface area contributed by atoms with Crippen LogP contribution in [0.1, 0.15) is 12.5 Å². The lowest BCUT2D eigenvalue weighted by Gasteiger charge is -2.01. The van der Waals surface area contributed by atoms with E-state index in [1.165, 1.54) is 5.39 Å². The van der Waals surface area contributed by atoms with Gasteiger partial charge in [-0.15, -0.1) is 0 Å². The lowest BCUT2D eigenvalue weighted by molar-refractivity contribution is 0.343. The van der Waals surface area contributed by atoms with Crippen molar-refractivity contribution < 1.29 is 5.11 Å². The van der Waals surface area contributed by atoms with Crippen LogP contribution in [0.25, 0.3) is 16.5 Å². The fraction of sp³-hybridized carbons (Fsp3) is 0.167. The minimum Gasteiger partial charge on any atom is -0.392 e. The predicted octanol–water partition coefficient (Wildman–Crippen LogP) is 2.56. The second kappa shape index (κ2) is 3.68. The van der Waals surface area contributed by atoms with E-state index in [9.17, 15) is 0 Å². The van der Waals surface area contributed by atoms with E-state index >= 15 is 0 Å². The van der Waals surface area contributed by atoms with Crippen molar-refractivity contribution in [2.45, 2.75) is 6.92 Å². The van der Waals surface area contributed by atoms with Crippen LogP contribution >= 0.6 is 0 Å². The molecule has 14 heavy (non-hydrogen) atoms. The molecule has 1 aromatic carbocycles. The SMILES string of the molecule is C/C(=C\CO)c1ccc2[nH]ccc2c1. The van der Waals surface area contributed by atoms with Gasteiger partial charge in [0.15, 0.2) is 0 Å². The Morgan fingerprint density at radius 2 is 2.29 bits per heavy atom. The number of H-pyrrole nitrogens is 1. The van der Waals surface area contributed by atoms with Crippen molar-refractivity contribution in [3.05, 3.63) is 42.1 Å². The zero-order chi connectivity index (χ0) is 9.97. The normalized spacial score (nSPS) is 12.3. The van der Waals surface area contributed by atoms with Crippen molar-refractivity contribution in [3.63, 3.8) is 0 Å². The van der Waals surface area contributed by atoms with E-state index in [4.69, 9.17) is 5.11 Å². The molecule has 1 heterocycles. The zero-order valence-electron chi connectivity index (χ0n) is 8.12. The minimum absolute atomic E-state index is 0.0943. The first-order valence-electron chi connectivity index (χ1n) is 4.66. The summed E-state index contributed by atoms with van der Waals surface area (Å²) >= 11 is 0. The number of aromatic nitrogens is 1. The number of allylic oxidation sites excluding steroid dienone is 1. The van der Waals surface area contributed by atoms with Crippen LogP contribution in [0.2, 0.25) is 0 Å². The lowest BCUT2D eigenvalue weighted by Crippen LogP contribution is -1.82. The number of hydrogen-bond acceptors (Lipinski definition) is 1. The molecule has 0 aliphatic rings. The Morgan fingerprint density at radius 1 is 1.43 bits per heavy atom. The Kier molecular flexibility index (Phi) is 2.37. The van der Waals surface area contributed by atoms with E-state index < -0.39 is 0 Å². The Morgan fingerprint density at radius 3 is 3.07 bits per heavy atom. The van der Waals surface area contributed by atoms with Crippen molar-refractivity contribution in [2.24, 2.45) is 0 Å². The average molecular weight is 187 g/mol. The minimum atomic E-state index is 0.0943. The molecule has 2 rings (SSSR count). The van der Waals surface area contributed by atoms with E-state index in [0.717, 1.165) is 16.7 Å². The van der Waals surface area contributed by atoms with Crippen LogP contribution in [0.4, 0.5) is 0 Å². The number of rotatable bonds is 2. The predicted molar refractivity (Wildman–Crippen MR) is 59.0 cm³/mol. The van der Waals surface area contributed by atoms with Gasteiger partial charge in [-0.05, 0) is 41.6 Å². The van der Waals surface area contributed by atoms with Gasteiger partial charge in [-0.2, -0.15) is 0 Å². The molecule has 0 aliphatic heterocycles. The molecule has 0 saturated heterocycles. The summed E-state index contributed by atoms with van der Waals surface area (Å²) in [5.74, 6) is 0. The van der Waals surface area contributed by atoms with Crippen molar-refractivity contribution in [3.8, 4) is 0 Å². The largest absolute Gasteiger partial charge is 0.392 e. The number of aromatic amines is 1. The highest BCUT2D eigenvalue weighted by atomic mass is 16.2. The third kappa shape index (κ3) is 1.56. The maximum absolute atomic E-state index is 8.79. The summed E-state index contributed by atoms with van der Waals surface area (Å²) in [5, 5.41) is 9.99. The van der Waals surface area contributed by atoms with Crippen molar-refractivity contribution in [1.82, 2.24) is 4.98 Å². The van der Waals surface area contributed by atoms with Crippen LogP contribution < -0.4 is 0 Å². The summed E-state index contributed by atoms with van der Waals surface area (Å²) in [6, 6.07) is 8.28. The highest BCUT2D eigenvalue weighted by Gasteiger charge is 1.98. The van der Waals surface area contributed by atoms with Gasteiger partial charge in [0, 0.05) is 11.7 Å². The second-order valence-electron chi connectivity index (χ2n) is 3.35. The highest BCUT2D eigenvalue weighted by Crippen LogP contribution is 2.19. The molecular formula is C12H13NO. The molecule has 0 radical (unpaired) electrons. The molecule has 0 unspecified atom stereocenters. The van der Waals surface area contributed by atoms with E-state index in [0.29, 0.717) is 0 Å². The van der Waals surface area contributed by atoms with E-state index in [2.05, 4.69) is 23.2 Å². The number of aliphatic hydroxyl groups is 1. The van der Waals surface area contributed by atoms with Crippen LogP contribution in [0, 0.1) is 0 Å². The smallest absolute Gasteiger partial charge is 0.0618 e. The summed E-state index contributed by atoms with van der Waals surface area (Å²) in [6.45, 7) is 2.10. The number of aliphatic hydroxyl groups excluding tert-OH is 1. The lowest BCUT2D eigenvalue weighted by atomic mass is 10.1. The van der Waals surface area contributed by atoms with Crippen LogP contribution in [0.15, 0.2) is 36.5 Å². The summed E-state index contributed by atoms with van der Waals surface area (Å²) in [4.78, 5) is 3.15. The highest BCUT2D eigenvalue weighted by molar-refractivity contribution is 5.83. The molecule has 0 aliphatic carbocycles. The average Bonchev–Trinajstić information content (AvgIpc) is 2.64. The van der Waals surface area contributed by atoms with E-state index in [1.54, 1.807) is 0 Å². The summed E-state index contributed by atoms with van der Waals surface area (Å²) < 4.78 is 0. The van der Waals surface area contributed by atoms with Crippen molar-refractivity contribution in [1.29, 1.82) is 0 Å². The molecule has 1 aromatic heterocycles. The van der Waals surface area contributed by atoms with Crippen molar-refractivity contribution >= 4 is 16.5 Å². The fourth-order valence-corrected chi connectivity index (χ4v) is 1.55. The Labute approximate surface area is 82.9 Å². The third-order valence-electron chi connectivity index (χ3n) is 2.41. The summed E-state index contributed by atoms with van der Waals surface area (Å²) in [5.41, 5.74) is 3.41. The molecule has 0 saturated carbocycles. The molecule has 2 aromatic rings. The van der Waals surface area contributed by atoms with Crippen LogP contribution in [-0.4, -0.2) is 16.7 Å². The molecule has 72 valence electrons. The first kappa shape index (κ1) is 9.03. The molecular weight excluding hydrogens is 174 g/mol. The molecule has 2 heteroatoms. The van der Waals surface area contributed by atoms with Crippen LogP contribution in [-0.2, 0) is 0 Å². The fourth-order valence-electron chi connectivity index (χ4n) is 1.55. The standard InChI is InChI=1S/C12H13NO/c1-9(5-7-14)10-2-3-12-11(8-10)4-6-13-12/h2-6,8,13-14H,7H2,1H3/b9-5+. The maximum Gasteiger partial charge on any atom is 0.0618 e. The summed E-state index contributed by atoms with van der Waals surface area (Å²) in [7, 11) is 0. The van der Waals surface area contributed by atoms with Gasteiger partial charge in [0.05, 0.1) is 6.61 Å². The first-order chi connectivity index (χ1) is 6.81. The number of hydrogen-bond donors (Lipinski definition) is 2. The van der Waals surface area contributed by atoms with Gasteiger partial charge >= 0.3 is 0 Å². The number of fused-ring (bicyclic) bond motifs is 1. The monoisotopic (exact) mass is 187 g/mol. The second-order valence-corrected chi connectivity index (χ2v) is 3.35. The van der Waals surface area contributed by atoms with Gasteiger partial charge in [-0.3, -0.25) is 0 Å². The van der Waals surface area contributed by atoms with Gasteiger partial charge < -0.3 is 10.1 Å². The summed E-state index contributed by atoms with van der Waals surface area (Å²) in [6.07, 6.45) is 3.74. The van der Waals surface area contributed by atoms with E-state index in [-0.39, 0.29) is 6.61 Å². The topological polar surface area (TPSA) is 36.0 Å². The van der Waals surface area contributed by atoms with Gasteiger partial charge in [0.2, 0.25) is 0 Å². The Hall–Kier alpha value is -1.54. The van der Waals surface area contributed by atoms with Crippen LogP contribution in [0.5, 0.6) is 0 Å². The van der Waals surface area contributed by atoms with Gasteiger partial charge in [0.1, 0.15) is 0 Å². The molecule has 0 fully saturated rings. The van der Waals surface area contributed by atoms with E-state index in [1.807, 2.05) is 25.3 Å². The zero-order valence-corrected chi connectivity index (χ0v) is 8.12. The molecule has 0 amide bonds. The van der Waals surface area contributed by atoms with Gasteiger partial charge in [-0.1, -0.05) is 12.1 Å². The third-order valence-corrected chi connectivity index (χ3v) is 2.41. The molecule has 0 spiro atoms. The molecule has 2 N–H and O–H groups in total. The first-order valence-corrected chi connectivity index (χ1v) is 4.66. The quantitative estimate of drug-likeness (QED) is 0.744. The molecule has 0 bridgehead atoms. The Bertz CT molecular complexity index is 468. The molecule has 0 atom stereocenters. The Balaban J connectivity index is 2.48. The number of nitrogens with one attached hydrogen (secondary N) is 1. The maximum atomic E-state index is 8.79. The van der Waals surface area contributed by atoms with Gasteiger partial charge in [-0.25, -0.2) is 0 Å². The van der Waals surface area contributed by atoms with Crippen LogP contribution in [0.3, 0.4) is 0 Å². The van der Waals surface area contributed by atoms with Crippen molar-refractivity contribution in [2.75, 3.05) is 6.61 Å². The molecule has 2 nitrogen and oxygen atoms in total. The van der Waals surface area contributed by atoms with Gasteiger partial charge in [0.25, 0.3) is 0 Å². The number of benzene rings is 1.